The summed E-state index contributed by atoms with van der Waals surface area (Å²) in [6, 6.07) is 0. The van der Waals surface area contributed by atoms with Gasteiger partial charge in [-0.3, -0.25) is 0 Å². The first-order chi connectivity index (χ1) is 6.75. The number of hydrogen-bond donors (Lipinski definition) is 0. The fourth-order valence-corrected chi connectivity index (χ4v) is 1.42. The van der Waals surface area contributed by atoms with Crippen LogP contribution in [0.5, 0.6) is 0 Å². The van der Waals surface area contributed by atoms with Crippen molar-refractivity contribution in [1.82, 2.24) is 0 Å². The zero-order valence-corrected chi connectivity index (χ0v) is 11.1. The van der Waals surface area contributed by atoms with Crippen LogP contribution in [0, 0.1) is 11.3 Å². The lowest BCUT2D eigenvalue weighted by molar-refractivity contribution is -0.117. The normalized spacial score (nSPS) is 15.1. The van der Waals surface area contributed by atoms with Crippen LogP contribution in [0.15, 0.2) is 0 Å². The molecule has 0 heterocycles. The molecule has 0 aromatic rings. The van der Waals surface area contributed by atoms with Gasteiger partial charge >= 0.3 is 0 Å². The Morgan fingerprint density at radius 3 is 2.20 bits per heavy atom. The first-order valence-electron chi connectivity index (χ1n) is 5.76. The van der Waals surface area contributed by atoms with Crippen LogP contribution in [0.25, 0.3) is 0 Å². The Bertz CT molecular complexity index is 195. The minimum absolute atomic E-state index is 0.0367. The summed E-state index contributed by atoms with van der Waals surface area (Å²) in [6.45, 7) is 10.4. The Labute approximate surface area is 94.4 Å². The third kappa shape index (κ3) is 5.31. The predicted octanol–water partition coefficient (Wildman–Crippen LogP) is 3.44. The summed E-state index contributed by atoms with van der Waals surface area (Å²) in [6.07, 6.45) is 4.31. The van der Waals surface area contributed by atoms with Crippen LogP contribution in [0.2, 0.25) is 0 Å². The molecule has 15 heavy (non-hydrogen) atoms. The van der Waals surface area contributed by atoms with E-state index in [9.17, 15) is 4.79 Å². The molecule has 0 saturated carbocycles. The van der Waals surface area contributed by atoms with E-state index in [1.165, 1.54) is 0 Å². The molecular formula is C13H26O2. The predicted molar refractivity (Wildman–Crippen MR) is 63.9 cm³/mol. The molecule has 0 aliphatic rings. The van der Waals surface area contributed by atoms with E-state index in [0.717, 1.165) is 25.5 Å². The van der Waals surface area contributed by atoms with Crippen molar-refractivity contribution in [1.29, 1.82) is 0 Å². The van der Waals surface area contributed by atoms with Gasteiger partial charge in [0.1, 0.15) is 6.29 Å². The topological polar surface area (TPSA) is 26.3 Å². The van der Waals surface area contributed by atoms with Gasteiger partial charge in [0.2, 0.25) is 0 Å². The Balaban J connectivity index is 3.92. The van der Waals surface area contributed by atoms with E-state index in [-0.39, 0.29) is 11.0 Å². The summed E-state index contributed by atoms with van der Waals surface area (Å²) >= 11 is 0. The average molecular weight is 214 g/mol. The van der Waals surface area contributed by atoms with Crippen LogP contribution in [0.1, 0.15) is 53.9 Å². The van der Waals surface area contributed by atoms with E-state index < -0.39 is 0 Å². The fourth-order valence-electron chi connectivity index (χ4n) is 1.42. The lowest BCUT2D eigenvalue weighted by Gasteiger charge is -2.28. The lowest BCUT2D eigenvalue weighted by Crippen LogP contribution is -2.25. The number of carbonyl (C=O) groups excluding carboxylic acids is 1. The third-order valence-electron chi connectivity index (χ3n) is 3.54. The van der Waals surface area contributed by atoms with Gasteiger partial charge < -0.3 is 9.53 Å². The molecule has 0 N–H and O–H groups in total. The molecule has 0 fully saturated rings. The minimum atomic E-state index is -0.197. The monoisotopic (exact) mass is 214 g/mol. The molecular weight excluding hydrogens is 188 g/mol. The molecule has 1 atom stereocenters. The molecule has 0 aromatic heterocycles. The Morgan fingerprint density at radius 2 is 1.80 bits per heavy atom. The SMILES string of the molecule is COC(C)(C)CCCC(C)C(C)(C)C=O. The molecule has 0 rings (SSSR count). The van der Waals surface area contributed by atoms with Crippen molar-refractivity contribution < 1.29 is 9.53 Å². The highest BCUT2D eigenvalue weighted by Gasteiger charge is 2.25. The van der Waals surface area contributed by atoms with E-state index >= 15 is 0 Å². The molecule has 2 nitrogen and oxygen atoms in total. The van der Waals surface area contributed by atoms with Crippen molar-refractivity contribution in [3.05, 3.63) is 0 Å². The van der Waals surface area contributed by atoms with Crippen molar-refractivity contribution in [2.45, 2.75) is 59.5 Å². The highest BCUT2D eigenvalue weighted by molar-refractivity contribution is 5.58. The Hall–Kier alpha value is -0.370. The van der Waals surface area contributed by atoms with Gasteiger partial charge in [-0.2, -0.15) is 0 Å². The smallest absolute Gasteiger partial charge is 0.125 e. The largest absolute Gasteiger partial charge is 0.379 e. The summed E-state index contributed by atoms with van der Waals surface area (Å²) < 4.78 is 5.36. The third-order valence-corrected chi connectivity index (χ3v) is 3.54. The van der Waals surface area contributed by atoms with E-state index in [1.54, 1.807) is 7.11 Å². The van der Waals surface area contributed by atoms with Gasteiger partial charge in [-0.1, -0.05) is 27.2 Å². The number of aldehydes is 1. The van der Waals surface area contributed by atoms with Crippen LogP contribution in [0.3, 0.4) is 0 Å². The first kappa shape index (κ1) is 14.6. The van der Waals surface area contributed by atoms with Gasteiger partial charge in [-0.05, 0) is 32.6 Å². The number of carbonyl (C=O) groups is 1. The number of methoxy groups -OCH3 is 1. The van der Waals surface area contributed by atoms with Gasteiger partial charge in [-0.25, -0.2) is 0 Å². The van der Waals surface area contributed by atoms with E-state index in [0.29, 0.717) is 5.92 Å². The van der Waals surface area contributed by atoms with Gasteiger partial charge in [0.25, 0.3) is 0 Å². The van der Waals surface area contributed by atoms with Crippen molar-refractivity contribution in [3.63, 3.8) is 0 Å². The zero-order valence-electron chi connectivity index (χ0n) is 11.1. The Kier molecular flexibility index (Phi) is 5.50. The quantitative estimate of drug-likeness (QED) is 0.607. The lowest BCUT2D eigenvalue weighted by atomic mass is 9.78. The van der Waals surface area contributed by atoms with Crippen molar-refractivity contribution in [3.8, 4) is 0 Å². The van der Waals surface area contributed by atoms with Gasteiger partial charge in [0.05, 0.1) is 5.60 Å². The maximum atomic E-state index is 10.9. The maximum absolute atomic E-state index is 10.9. The molecule has 1 unspecified atom stereocenters. The van der Waals surface area contributed by atoms with Crippen molar-refractivity contribution in [2.75, 3.05) is 7.11 Å². The van der Waals surface area contributed by atoms with E-state index in [4.69, 9.17) is 4.74 Å². The summed E-state index contributed by atoms with van der Waals surface area (Å²) in [5.74, 6) is 0.433. The number of rotatable bonds is 7. The zero-order chi connectivity index (χ0) is 12.1. The van der Waals surface area contributed by atoms with Crippen molar-refractivity contribution >= 4 is 6.29 Å². The van der Waals surface area contributed by atoms with Gasteiger partial charge in [-0.15, -0.1) is 0 Å². The minimum Gasteiger partial charge on any atom is -0.379 e. The summed E-state index contributed by atoms with van der Waals surface area (Å²) in [4.78, 5) is 10.9. The molecule has 0 aromatic carbocycles. The number of ether oxygens (including phenoxy) is 1. The molecule has 0 saturated heterocycles. The van der Waals surface area contributed by atoms with Crippen LogP contribution in [-0.2, 0) is 9.53 Å². The number of hydrogen-bond acceptors (Lipinski definition) is 2. The van der Waals surface area contributed by atoms with Crippen molar-refractivity contribution in [2.24, 2.45) is 11.3 Å². The standard InChI is InChI=1S/C13H26O2/c1-11(12(2,3)10-14)8-7-9-13(4,5)15-6/h10-11H,7-9H2,1-6H3. The van der Waals surface area contributed by atoms with E-state index in [1.807, 2.05) is 13.8 Å². The summed E-state index contributed by atoms with van der Waals surface area (Å²) in [5.41, 5.74) is -0.234. The van der Waals surface area contributed by atoms with Crippen LogP contribution in [-0.4, -0.2) is 19.0 Å². The fraction of sp³-hybridized carbons (Fsp3) is 0.923. The first-order valence-corrected chi connectivity index (χ1v) is 5.76. The molecule has 0 spiro atoms. The van der Waals surface area contributed by atoms with Crippen LogP contribution >= 0.6 is 0 Å². The van der Waals surface area contributed by atoms with Crippen LogP contribution < -0.4 is 0 Å². The Morgan fingerprint density at radius 1 is 1.27 bits per heavy atom. The molecule has 0 bridgehead atoms. The average Bonchev–Trinajstić information content (AvgIpc) is 2.17. The highest BCUT2D eigenvalue weighted by Crippen LogP contribution is 2.29. The maximum Gasteiger partial charge on any atom is 0.125 e. The van der Waals surface area contributed by atoms with Crippen LogP contribution in [0.4, 0.5) is 0 Å². The molecule has 2 heteroatoms. The summed E-state index contributed by atoms with van der Waals surface area (Å²) in [7, 11) is 1.75. The highest BCUT2D eigenvalue weighted by atomic mass is 16.5. The van der Waals surface area contributed by atoms with Gasteiger partial charge in [0, 0.05) is 12.5 Å². The molecule has 0 amide bonds. The molecule has 0 aliphatic heterocycles. The second-order valence-corrected chi connectivity index (χ2v) is 5.70. The second kappa shape index (κ2) is 5.64. The molecule has 0 radical (unpaired) electrons. The molecule has 90 valence electrons. The summed E-state index contributed by atoms with van der Waals surface area (Å²) in [5, 5.41) is 0. The second-order valence-electron chi connectivity index (χ2n) is 5.70. The van der Waals surface area contributed by atoms with E-state index in [2.05, 4.69) is 20.8 Å². The van der Waals surface area contributed by atoms with Gasteiger partial charge in [0.15, 0.2) is 0 Å². The molecule has 0 aliphatic carbocycles.